The fourth-order valence-electron chi connectivity index (χ4n) is 1.38. The van der Waals surface area contributed by atoms with E-state index in [9.17, 15) is 9.18 Å². The summed E-state index contributed by atoms with van der Waals surface area (Å²) in [6, 6.07) is 3.83. The molecule has 1 aromatic rings. The number of anilines is 1. The van der Waals surface area contributed by atoms with E-state index in [1.165, 1.54) is 19.2 Å². The molecule has 106 valence electrons. The second-order valence-corrected chi connectivity index (χ2v) is 4.18. The lowest BCUT2D eigenvalue weighted by Crippen LogP contribution is -2.31. The van der Waals surface area contributed by atoms with Crippen LogP contribution >= 0.6 is 0 Å². The molecule has 0 aromatic heterocycles. The first-order chi connectivity index (χ1) is 9.02. The van der Waals surface area contributed by atoms with E-state index >= 15 is 0 Å². The van der Waals surface area contributed by atoms with E-state index in [0.717, 1.165) is 0 Å². The van der Waals surface area contributed by atoms with Crippen molar-refractivity contribution < 1.29 is 18.7 Å². The molecule has 6 heteroatoms. The van der Waals surface area contributed by atoms with Crippen molar-refractivity contribution in [1.29, 1.82) is 0 Å². The zero-order valence-corrected chi connectivity index (χ0v) is 11.3. The molecule has 0 saturated heterocycles. The zero-order chi connectivity index (χ0) is 14.3. The van der Waals surface area contributed by atoms with Crippen molar-refractivity contribution >= 4 is 11.7 Å². The highest BCUT2D eigenvalue weighted by Crippen LogP contribution is 2.21. The summed E-state index contributed by atoms with van der Waals surface area (Å²) in [5, 5.41) is 4.95. The van der Waals surface area contributed by atoms with Gasteiger partial charge in [-0.05, 0) is 26.0 Å². The maximum absolute atomic E-state index is 13.7. The molecule has 2 N–H and O–H groups in total. The number of methoxy groups -OCH3 is 1. The maximum atomic E-state index is 13.7. The molecule has 0 aliphatic heterocycles. The Kier molecular flexibility index (Phi) is 6.08. The van der Waals surface area contributed by atoms with Gasteiger partial charge in [0.2, 0.25) is 0 Å². The molecule has 0 heterocycles. The van der Waals surface area contributed by atoms with E-state index in [4.69, 9.17) is 9.47 Å². The molecular weight excluding hydrogens is 251 g/mol. The molecule has 0 bridgehead atoms. The lowest BCUT2D eigenvalue weighted by Gasteiger charge is -2.12. The number of benzene rings is 1. The Bertz CT molecular complexity index is 424. The van der Waals surface area contributed by atoms with Crippen molar-refractivity contribution in [3.8, 4) is 5.75 Å². The molecule has 0 aliphatic rings. The second-order valence-electron chi connectivity index (χ2n) is 4.18. The molecule has 0 atom stereocenters. The summed E-state index contributed by atoms with van der Waals surface area (Å²) in [7, 11) is 1.53. The van der Waals surface area contributed by atoms with Crippen LogP contribution in [0.25, 0.3) is 0 Å². The van der Waals surface area contributed by atoms with Crippen molar-refractivity contribution in [1.82, 2.24) is 5.32 Å². The first-order valence-electron chi connectivity index (χ1n) is 6.03. The van der Waals surface area contributed by atoms with Crippen LogP contribution in [0.15, 0.2) is 18.2 Å². The number of ether oxygens (including phenoxy) is 2. The largest absolute Gasteiger partial charge is 0.491 e. The minimum Gasteiger partial charge on any atom is -0.491 e. The molecule has 1 rings (SSSR count). The lowest BCUT2D eigenvalue weighted by atomic mass is 10.3. The van der Waals surface area contributed by atoms with Gasteiger partial charge >= 0.3 is 6.03 Å². The maximum Gasteiger partial charge on any atom is 0.319 e. The predicted octanol–water partition coefficient (Wildman–Crippen LogP) is 2.38. The van der Waals surface area contributed by atoms with E-state index in [1.807, 2.05) is 13.8 Å². The summed E-state index contributed by atoms with van der Waals surface area (Å²) in [4.78, 5) is 11.4. The quantitative estimate of drug-likeness (QED) is 0.780. The Morgan fingerprint density at radius 1 is 1.42 bits per heavy atom. The molecule has 19 heavy (non-hydrogen) atoms. The molecular formula is C13H19FN2O3. The van der Waals surface area contributed by atoms with E-state index in [0.29, 0.717) is 18.9 Å². The SMILES string of the molecule is COCCNC(=O)Nc1ccc(OC(C)C)cc1F. The number of nitrogens with one attached hydrogen (secondary N) is 2. The standard InChI is InChI=1S/C13H19FN2O3/c1-9(2)19-10-4-5-12(11(14)8-10)16-13(17)15-6-7-18-3/h4-5,8-9H,6-7H2,1-3H3,(H2,15,16,17). The summed E-state index contributed by atoms with van der Waals surface area (Å²) < 4.78 is 23.8. The summed E-state index contributed by atoms with van der Waals surface area (Å²) >= 11 is 0. The third-order valence-corrected chi connectivity index (χ3v) is 2.15. The second kappa shape index (κ2) is 7.58. The van der Waals surface area contributed by atoms with Crippen LogP contribution in [0, 0.1) is 5.82 Å². The first kappa shape index (κ1) is 15.2. The number of rotatable bonds is 6. The van der Waals surface area contributed by atoms with Crippen molar-refractivity contribution in [2.45, 2.75) is 20.0 Å². The van der Waals surface area contributed by atoms with E-state index in [-0.39, 0.29) is 11.8 Å². The molecule has 0 saturated carbocycles. The number of hydrogen-bond acceptors (Lipinski definition) is 3. The summed E-state index contributed by atoms with van der Waals surface area (Å²) in [5.41, 5.74) is 0.103. The van der Waals surface area contributed by atoms with Gasteiger partial charge < -0.3 is 20.1 Å². The Morgan fingerprint density at radius 3 is 2.74 bits per heavy atom. The Hall–Kier alpha value is -1.82. The monoisotopic (exact) mass is 270 g/mol. The molecule has 0 unspecified atom stereocenters. The van der Waals surface area contributed by atoms with Gasteiger partial charge in [0.15, 0.2) is 0 Å². The highest BCUT2D eigenvalue weighted by atomic mass is 19.1. The lowest BCUT2D eigenvalue weighted by molar-refractivity contribution is 0.198. The van der Waals surface area contributed by atoms with Crippen LogP contribution < -0.4 is 15.4 Å². The highest BCUT2D eigenvalue weighted by Gasteiger charge is 2.08. The average molecular weight is 270 g/mol. The molecule has 0 spiro atoms. The van der Waals surface area contributed by atoms with E-state index in [1.54, 1.807) is 6.07 Å². The number of carbonyl (C=O) groups excluding carboxylic acids is 1. The van der Waals surface area contributed by atoms with Crippen LogP contribution in [-0.2, 0) is 4.74 Å². The summed E-state index contributed by atoms with van der Waals surface area (Å²) in [5.74, 6) is -0.113. The Labute approximate surface area is 112 Å². The Morgan fingerprint density at radius 2 is 2.16 bits per heavy atom. The van der Waals surface area contributed by atoms with Crippen LogP contribution in [0.2, 0.25) is 0 Å². The smallest absolute Gasteiger partial charge is 0.319 e. The molecule has 1 aromatic carbocycles. The number of urea groups is 1. The first-order valence-corrected chi connectivity index (χ1v) is 6.03. The van der Waals surface area contributed by atoms with Gasteiger partial charge in [-0.1, -0.05) is 0 Å². The Balaban J connectivity index is 2.57. The fraction of sp³-hybridized carbons (Fsp3) is 0.462. The highest BCUT2D eigenvalue weighted by molar-refractivity contribution is 5.89. The topological polar surface area (TPSA) is 59.6 Å². The third kappa shape index (κ3) is 5.56. The van der Waals surface area contributed by atoms with Gasteiger partial charge in [0.05, 0.1) is 18.4 Å². The van der Waals surface area contributed by atoms with Crippen molar-refractivity contribution in [3.63, 3.8) is 0 Å². The van der Waals surface area contributed by atoms with Crippen LogP contribution in [0.5, 0.6) is 5.75 Å². The van der Waals surface area contributed by atoms with Gasteiger partial charge in [-0.2, -0.15) is 0 Å². The average Bonchev–Trinajstić information content (AvgIpc) is 2.32. The van der Waals surface area contributed by atoms with Crippen LogP contribution in [0.3, 0.4) is 0 Å². The van der Waals surface area contributed by atoms with Gasteiger partial charge in [0.25, 0.3) is 0 Å². The predicted molar refractivity (Wildman–Crippen MR) is 71.1 cm³/mol. The van der Waals surface area contributed by atoms with Gasteiger partial charge in [0.1, 0.15) is 11.6 Å². The normalized spacial score (nSPS) is 10.4. The van der Waals surface area contributed by atoms with Gasteiger partial charge in [-0.3, -0.25) is 0 Å². The number of carbonyl (C=O) groups is 1. The molecule has 0 radical (unpaired) electrons. The summed E-state index contributed by atoms with van der Waals surface area (Å²) in [6.07, 6.45) is -0.0319. The van der Waals surface area contributed by atoms with Gasteiger partial charge in [-0.15, -0.1) is 0 Å². The molecule has 5 nitrogen and oxygen atoms in total. The van der Waals surface area contributed by atoms with Crippen molar-refractivity contribution in [2.24, 2.45) is 0 Å². The molecule has 0 aliphatic carbocycles. The number of amides is 2. The number of hydrogen-bond donors (Lipinski definition) is 2. The minimum atomic E-state index is -0.542. The van der Waals surface area contributed by atoms with Crippen LogP contribution in [0.4, 0.5) is 14.9 Å². The van der Waals surface area contributed by atoms with Crippen molar-refractivity contribution in [3.05, 3.63) is 24.0 Å². The van der Waals surface area contributed by atoms with Gasteiger partial charge in [-0.25, -0.2) is 9.18 Å². The zero-order valence-electron chi connectivity index (χ0n) is 11.3. The van der Waals surface area contributed by atoms with Crippen LogP contribution in [0.1, 0.15) is 13.8 Å². The van der Waals surface area contributed by atoms with E-state index in [2.05, 4.69) is 10.6 Å². The number of halogens is 1. The molecule has 0 fully saturated rings. The van der Waals surface area contributed by atoms with Crippen molar-refractivity contribution in [2.75, 3.05) is 25.6 Å². The minimum absolute atomic E-state index is 0.0319. The van der Waals surface area contributed by atoms with Gasteiger partial charge in [0, 0.05) is 19.7 Å². The summed E-state index contributed by atoms with van der Waals surface area (Å²) in [6.45, 7) is 4.47. The third-order valence-electron chi connectivity index (χ3n) is 2.15. The fourth-order valence-corrected chi connectivity index (χ4v) is 1.38. The molecule has 2 amide bonds. The van der Waals surface area contributed by atoms with Crippen LogP contribution in [-0.4, -0.2) is 32.4 Å². The van der Waals surface area contributed by atoms with E-state index < -0.39 is 11.8 Å².